The van der Waals surface area contributed by atoms with E-state index in [9.17, 15) is 18.0 Å². The molecule has 0 aliphatic carbocycles. The maximum absolute atomic E-state index is 12.4. The predicted octanol–water partition coefficient (Wildman–Crippen LogP) is 3.48. The summed E-state index contributed by atoms with van der Waals surface area (Å²) in [4.78, 5) is 10.4. The van der Waals surface area contributed by atoms with Crippen molar-refractivity contribution in [2.75, 3.05) is 0 Å². The van der Waals surface area contributed by atoms with Gasteiger partial charge >= 0.3 is 6.18 Å². The van der Waals surface area contributed by atoms with Crippen molar-refractivity contribution >= 4 is 6.29 Å². The van der Waals surface area contributed by atoms with Crippen LogP contribution in [0.15, 0.2) is 24.3 Å². The topological polar surface area (TPSA) is 17.1 Å². The normalized spacial score (nSPS) is 13.5. The standard InChI is InChI=1S/C12H13F3O/c1-2-3-9-4-6-10(7-5-9)11(8-16)12(13,14)15/h4-8,11H,2-3H2,1H3. The monoisotopic (exact) mass is 230 g/mol. The highest BCUT2D eigenvalue weighted by molar-refractivity contribution is 5.63. The van der Waals surface area contributed by atoms with Gasteiger partial charge in [-0.15, -0.1) is 0 Å². The number of carbonyl (C=O) groups excluding carboxylic acids is 1. The molecule has 0 heterocycles. The lowest BCUT2D eigenvalue weighted by molar-refractivity contribution is -0.155. The molecule has 1 aromatic rings. The summed E-state index contributed by atoms with van der Waals surface area (Å²) in [6.45, 7) is 2.00. The van der Waals surface area contributed by atoms with Crippen LogP contribution in [0.25, 0.3) is 0 Å². The van der Waals surface area contributed by atoms with Gasteiger partial charge in [-0.3, -0.25) is 0 Å². The smallest absolute Gasteiger partial charge is 0.302 e. The zero-order chi connectivity index (χ0) is 12.2. The van der Waals surface area contributed by atoms with Crippen molar-refractivity contribution in [1.29, 1.82) is 0 Å². The average Bonchev–Trinajstić information content (AvgIpc) is 2.20. The molecule has 1 unspecified atom stereocenters. The Morgan fingerprint density at radius 3 is 2.19 bits per heavy atom. The van der Waals surface area contributed by atoms with Gasteiger partial charge in [0.1, 0.15) is 12.2 Å². The van der Waals surface area contributed by atoms with Gasteiger partial charge in [0.05, 0.1) is 0 Å². The van der Waals surface area contributed by atoms with Crippen molar-refractivity contribution in [3.05, 3.63) is 35.4 Å². The molecule has 1 rings (SSSR count). The van der Waals surface area contributed by atoms with Crippen LogP contribution in [0.3, 0.4) is 0 Å². The van der Waals surface area contributed by atoms with Crippen molar-refractivity contribution in [2.45, 2.75) is 31.9 Å². The Morgan fingerprint density at radius 2 is 1.81 bits per heavy atom. The van der Waals surface area contributed by atoms with Gasteiger partial charge in [-0.2, -0.15) is 13.2 Å². The van der Waals surface area contributed by atoms with Gasteiger partial charge in [-0.05, 0) is 17.5 Å². The Bertz CT molecular complexity index is 340. The second kappa shape index (κ2) is 5.14. The lowest BCUT2D eigenvalue weighted by atomic mass is 9.98. The van der Waals surface area contributed by atoms with Crippen LogP contribution < -0.4 is 0 Å². The summed E-state index contributed by atoms with van der Waals surface area (Å²) in [5, 5.41) is 0. The molecule has 0 saturated heterocycles. The Hall–Kier alpha value is -1.32. The third-order valence-corrected chi connectivity index (χ3v) is 2.37. The van der Waals surface area contributed by atoms with Gasteiger partial charge in [0, 0.05) is 0 Å². The summed E-state index contributed by atoms with van der Waals surface area (Å²) in [6, 6.07) is 6.03. The maximum atomic E-state index is 12.4. The minimum absolute atomic E-state index is 0.00218. The zero-order valence-electron chi connectivity index (χ0n) is 8.92. The van der Waals surface area contributed by atoms with Crippen LogP contribution in [0.2, 0.25) is 0 Å². The summed E-state index contributed by atoms with van der Waals surface area (Å²) in [5.74, 6) is -2.01. The molecular formula is C12H13F3O. The highest BCUT2D eigenvalue weighted by Gasteiger charge is 2.40. The molecule has 0 fully saturated rings. The largest absolute Gasteiger partial charge is 0.402 e. The zero-order valence-corrected chi connectivity index (χ0v) is 8.92. The van der Waals surface area contributed by atoms with Crippen molar-refractivity contribution in [2.24, 2.45) is 0 Å². The number of hydrogen-bond donors (Lipinski definition) is 0. The van der Waals surface area contributed by atoms with Crippen LogP contribution in [0.4, 0.5) is 13.2 Å². The first kappa shape index (κ1) is 12.7. The minimum atomic E-state index is -4.51. The van der Waals surface area contributed by atoms with Crippen molar-refractivity contribution in [3.63, 3.8) is 0 Å². The fourth-order valence-electron chi connectivity index (χ4n) is 1.53. The number of aryl methyl sites for hydroxylation is 1. The average molecular weight is 230 g/mol. The molecule has 1 nitrogen and oxygen atoms in total. The summed E-state index contributed by atoms with van der Waals surface area (Å²) in [5.41, 5.74) is 0.987. The number of hydrogen-bond acceptors (Lipinski definition) is 1. The van der Waals surface area contributed by atoms with Crippen LogP contribution >= 0.6 is 0 Å². The second-order valence-corrected chi connectivity index (χ2v) is 3.65. The van der Waals surface area contributed by atoms with E-state index >= 15 is 0 Å². The minimum Gasteiger partial charge on any atom is -0.302 e. The first-order chi connectivity index (χ1) is 7.49. The molecule has 16 heavy (non-hydrogen) atoms. The molecule has 1 atom stereocenters. The molecular weight excluding hydrogens is 217 g/mol. The molecule has 0 aromatic heterocycles. The van der Waals surface area contributed by atoms with E-state index in [4.69, 9.17) is 0 Å². The Morgan fingerprint density at radius 1 is 1.25 bits per heavy atom. The number of carbonyl (C=O) groups is 1. The third kappa shape index (κ3) is 3.08. The molecule has 0 saturated carbocycles. The maximum Gasteiger partial charge on any atom is 0.402 e. The number of rotatable bonds is 4. The van der Waals surface area contributed by atoms with Gasteiger partial charge in [0.2, 0.25) is 0 Å². The van der Waals surface area contributed by atoms with E-state index in [0.29, 0.717) is 0 Å². The van der Waals surface area contributed by atoms with Gasteiger partial charge in [0.15, 0.2) is 0 Å². The molecule has 88 valence electrons. The van der Waals surface area contributed by atoms with E-state index in [1.165, 1.54) is 12.1 Å². The van der Waals surface area contributed by atoms with Gasteiger partial charge in [-0.25, -0.2) is 0 Å². The quantitative estimate of drug-likeness (QED) is 0.724. The third-order valence-electron chi connectivity index (χ3n) is 2.37. The van der Waals surface area contributed by atoms with Crippen molar-refractivity contribution < 1.29 is 18.0 Å². The molecule has 0 N–H and O–H groups in total. The van der Waals surface area contributed by atoms with Crippen LogP contribution in [-0.2, 0) is 11.2 Å². The number of alkyl halides is 3. The number of halogens is 3. The SMILES string of the molecule is CCCc1ccc(C(C=O)C(F)(F)F)cc1. The van der Waals surface area contributed by atoms with Crippen LogP contribution in [0.5, 0.6) is 0 Å². The lowest BCUT2D eigenvalue weighted by Crippen LogP contribution is -2.21. The van der Waals surface area contributed by atoms with Crippen LogP contribution in [-0.4, -0.2) is 12.5 Å². The van der Waals surface area contributed by atoms with Crippen molar-refractivity contribution in [3.8, 4) is 0 Å². The molecule has 1 aromatic carbocycles. The summed E-state index contributed by atoms with van der Waals surface area (Å²) in [7, 11) is 0. The Kier molecular flexibility index (Phi) is 4.10. The molecule has 4 heteroatoms. The second-order valence-electron chi connectivity index (χ2n) is 3.65. The van der Waals surface area contributed by atoms with E-state index in [-0.39, 0.29) is 11.8 Å². The molecule has 0 aliphatic heterocycles. The molecule has 0 bridgehead atoms. The number of aldehydes is 1. The molecule has 0 spiro atoms. The first-order valence-corrected chi connectivity index (χ1v) is 5.10. The van der Waals surface area contributed by atoms with Crippen molar-refractivity contribution in [1.82, 2.24) is 0 Å². The molecule has 0 radical (unpaired) electrons. The fourth-order valence-corrected chi connectivity index (χ4v) is 1.53. The van der Waals surface area contributed by atoms with Gasteiger partial charge in [-0.1, -0.05) is 37.6 Å². The Labute approximate surface area is 92.3 Å². The summed E-state index contributed by atoms with van der Waals surface area (Å²) in [6.07, 6.45) is -2.80. The van der Waals surface area contributed by atoms with Gasteiger partial charge < -0.3 is 4.79 Å². The summed E-state index contributed by atoms with van der Waals surface area (Å²) < 4.78 is 37.3. The van der Waals surface area contributed by atoms with Crippen LogP contribution in [0, 0.1) is 0 Å². The predicted molar refractivity (Wildman–Crippen MR) is 55.3 cm³/mol. The lowest BCUT2D eigenvalue weighted by Gasteiger charge is -2.14. The fraction of sp³-hybridized carbons (Fsp3) is 0.417. The van der Waals surface area contributed by atoms with E-state index in [0.717, 1.165) is 18.4 Å². The van der Waals surface area contributed by atoms with E-state index < -0.39 is 12.1 Å². The highest BCUT2D eigenvalue weighted by Crippen LogP contribution is 2.33. The highest BCUT2D eigenvalue weighted by atomic mass is 19.4. The first-order valence-electron chi connectivity index (χ1n) is 5.10. The Balaban J connectivity index is 2.91. The van der Waals surface area contributed by atoms with E-state index in [1.807, 2.05) is 6.92 Å². The van der Waals surface area contributed by atoms with E-state index in [2.05, 4.69) is 0 Å². The summed E-state index contributed by atoms with van der Waals surface area (Å²) >= 11 is 0. The van der Waals surface area contributed by atoms with E-state index in [1.54, 1.807) is 12.1 Å². The number of benzene rings is 1. The molecule has 0 amide bonds. The van der Waals surface area contributed by atoms with Gasteiger partial charge in [0.25, 0.3) is 0 Å². The molecule has 0 aliphatic rings. The van der Waals surface area contributed by atoms with Crippen LogP contribution in [0.1, 0.15) is 30.4 Å².